The minimum atomic E-state index is -0.217. The van der Waals surface area contributed by atoms with Crippen molar-refractivity contribution in [3.63, 3.8) is 0 Å². The maximum absolute atomic E-state index is 12.2. The molecule has 0 saturated heterocycles. The molecule has 0 atom stereocenters. The van der Waals surface area contributed by atoms with Gasteiger partial charge in [0, 0.05) is 18.9 Å². The summed E-state index contributed by atoms with van der Waals surface area (Å²) < 4.78 is 10.9. The van der Waals surface area contributed by atoms with E-state index in [1.165, 1.54) is 116 Å². The number of hydrogen-bond acceptors (Lipinski definition) is 4. The third kappa shape index (κ3) is 21.1. The van der Waals surface area contributed by atoms with E-state index in [0.29, 0.717) is 24.3 Å². The van der Waals surface area contributed by atoms with Crippen LogP contribution >= 0.6 is 0 Å². The number of hydrogen-bond donors (Lipinski definition) is 0. The van der Waals surface area contributed by atoms with Crippen LogP contribution in [0.2, 0.25) is 0 Å². The summed E-state index contributed by atoms with van der Waals surface area (Å²) in [6.07, 6.45) is 28.5. The quantitative estimate of drug-likeness (QED) is 0.0679. The van der Waals surface area contributed by atoms with Crippen LogP contribution in [0.1, 0.15) is 168 Å². The molecule has 38 heavy (non-hydrogen) atoms. The topological polar surface area (TPSA) is 52.6 Å². The van der Waals surface area contributed by atoms with Gasteiger partial charge in [0.1, 0.15) is 11.5 Å². The smallest absolute Gasteiger partial charge is 0.311 e. The summed E-state index contributed by atoms with van der Waals surface area (Å²) in [6.45, 7) is 4.51. The molecule has 0 saturated carbocycles. The van der Waals surface area contributed by atoms with Crippen LogP contribution in [0.15, 0.2) is 24.3 Å². The van der Waals surface area contributed by atoms with Gasteiger partial charge in [0.05, 0.1) is 0 Å². The second-order valence-corrected chi connectivity index (χ2v) is 11.0. The zero-order valence-electron chi connectivity index (χ0n) is 24.9. The highest BCUT2D eigenvalue weighted by Gasteiger charge is 2.09. The van der Waals surface area contributed by atoms with Crippen molar-refractivity contribution in [2.45, 2.75) is 168 Å². The molecule has 1 aromatic rings. The van der Waals surface area contributed by atoms with E-state index in [9.17, 15) is 9.59 Å². The lowest BCUT2D eigenvalue weighted by Gasteiger charge is -2.08. The first-order valence-electron chi connectivity index (χ1n) is 16.2. The number of esters is 2. The molecule has 1 rings (SSSR count). The van der Waals surface area contributed by atoms with Gasteiger partial charge in [0.2, 0.25) is 0 Å². The Morgan fingerprint density at radius 1 is 0.474 bits per heavy atom. The fourth-order valence-electron chi connectivity index (χ4n) is 4.83. The Kier molecular flexibility index (Phi) is 22.9. The monoisotopic (exact) mass is 530 g/mol. The van der Waals surface area contributed by atoms with Crippen molar-refractivity contribution in [3.05, 3.63) is 24.3 Å². The van der Waals surface area contributed by atoms with Crippen LogP contribution in [-0.4, -0.2) is 11.9 Å². The van der Waals surface area contributed by atoms with Crippen LogP contribution in [0.5, 0.6) is 11.5 Å². The van der Waals surface area contributed by atoms with E-state index in [0.717, 1.165) is 25.7 Å². The second-order valence-electron chi connectivity index (χ2n) is 11.0. The fourth-order valence-corrected chi connectivity index (χ4v) is 4.83. The van der Waals surface area contributed by atoms with Gasteiger partial charge in [-0.05, 0) is 25.0 Å². The molecule has 0 radical (unpaired) electrons. The standard InChI is InChI=1S/C34H58O4/c1-3-5-7-9-11-13-15-17-19-21-23-28-33(35)37-31-26-25-27-32(30-31)38-34(36)29-24-22-20-18-16-14-12-10-8-6-4-2/h25-27,30H,3-24,28-29H2,1-2H3. The molecule has 218 valence electrons. The summed E-state index contributed by atoms with van der Waals surface area (Å²) in [5.41, 5.74) is 0. The Balaban J connectivity index is 2.05. The number of benzene rings is 1. The van der Waals surface area contributed by atoms with Gasteiger partial charge < -0.3 is 9.47 Å². The third-order valence-electron chi connectivity index (χ3n) is 7.24. The molecule has 4 heteroatoms. The van der Waals surface area contributed by atoms with E-state index in [1.807, 2.05) is 0 Å². The molecule has 0 aliphatic rings. The van der Waals surface area contributed by atoms with Crippen LogP contribution in [-0.2, 0) is 9.59 Å². The zero-order valence-corrected chi connectivity index (χ0v) is 24.9. The van der Waals surface area contributed by atoms with E-state index >= 15 is 0 Å². The van der Waals surface area contributed by atoms with Crippen LogP contribution in [0, 0.1) is 0 Å². The van der Waals surface area contributed by atoms with E-state index in [1.54, 1.807) is 24.3 Å². The van der Waals surface area contributed by atoms with Gasteiger partial charge in [-0.3, -0.25) is 9.59 Å². The highest BCUT2D eigenvalue weighted by molar-refractivity contribution is 5.74. The Labute approximate surface area is 234 Å². The number of rotatable bonds is 26. The van der Waals surface area contributed by atoms with Gasteiger partial charge in [-0.15, -0.1) is 0 Å². The van der Waals surface area contributed by atoms with Crippen molar-refractivity contribution in [2.75, 3.05) is 0 Å². The second kappa shape index (κ2) is 25.4. The highest BCUT2D eigenvalue weighted by Crippen LogP contribution is 2.21. The Bertz CT molecular complexity index is 644. The summed E-state index contributed by atoms with van der Waals surface area (Å²) in [4.78, 5) is 24.4. The maximum Gasteiger partial charge on any atom is 0.311 e. The molecule has 0 aliphatic carbocycles. The van der Waals surface area contributed by atoms with E-state index < -0.39 is 0 Å². The molecule has 0 bridgehead atoms. The van der Waals surface area contributed by atoms with Crippen molar-refractivity contribution in [1.82, 2.24) is 0 Å². The van der Waals surface area contributed by atoms with E-state index in [2.05, 4.69) is 13.8 Å². The molecule has 0 fully saturated rings. The lowest BCUT2D eigenvalue weighted by molar-refractivity contribution is -0.135. The first-order chi connectivity index (χ1) is 18.7. The van der Waals surface area contributed by atoms with Crippen molar-refractivity contribution < 1.29 is 19.1 Å². The average molecular weight is 531 g/mol. The summed E-state index contributed by atoms with van der Waals surface area (Å²) in [5.74, 6) is 0.451. The molecule has 0 N–H and O–H groups in total. The number of unbranched alkanes of at least 4 members (excludes halogenated alkanes) is 20. The largest absolute Gasteiger partial charge is 0.426 e. The Morgan fingerprint density at radius 3 is 1.08 bits per heavy atom. The highest BCUT2D eigenvalue weighted by atomic mass is 16.5. The zero-order chi connectivity index (χ0) is 27.5. The average Bonchev–Trinajstić information content (AvgIpc) is 2.90. The molecule has 0 aliphatic heterocycles. The molecule has 0 amide bonds. The van der Waals surface area contributed by atoms with Gasteiger partial charge in [-0.2, -0.15) is 0 Å². The molecule has 0 aromatic heterocycles. The van der Waals surface area contributed by atoms with Crippen LogP contribution in [0.3, 0.4) is 0 Å². The van der Waals surface area contributed by atoms with Crippen LogP contribution < -0.4 is 9.47 Å². The molecular formula is C34H58O4. The number of ether oxygens (including phenoxy) is 2. The first kappa shape index (κ1) is 34.2. The lowest BCUT2D eigenvalue weighted by Crippen LogP contribution is -2.09. The minimum absolute atomic E-state index is 0.217. The van der Waals surface area contributed by atoms with Crippen LogP contribution in [0.25, 0.3) is 0 Å². The Morgan fingerprint density at radius 2 is 0.763 bits per heavy atom. The van der Waals surface area contributed by atoms with Crippen molar-refractivity contribution >= 4 is 11.9 Å². The molecule has 0 spiro atoms. The summed E-state index contributed by atoms with van der Waals surface area (Å²) in [5, 5.41) is 0. The van der Waals surface area contributed by atoms with Crippen LogP contribution in [0.4, 0.5) is 0 Å². The van der Waals surface area contributed by atoms with Gasteiger partial charge in [-0.1, -0.05) is 148 Å². The van der Waals surface area contributed by atoms with Crippen molar-refractivity contribution in [3.8, 4) is 11.5 Å². The Hall–Kier alpha value is -1.84. The van der Waals surface area contributed by atoms with E-state index in [4.69, 9.17) is 9.47 Å². The summed E-state index contributed by atoms with van der Waals surface area (Å²) in [6, 6.07) is 6.87. The molecule has 0 heterocycles. The molecular weight excluding hydrogens is 472 g/mol. The lowest BCUT2D eigenvalue weighted by atomic mass is 10.1. The predicted molar refractivity (Wildman–Crippen MR) is 160 cm³/mol. The first-order valence-corrected chi connectivity index (χ1v) is 16.2. The van der Waals surface area contributed by atoms with Crippen molar-refractivity contribution in [1.29, 1.82) is 0 Å². The molecule has 0 unspecified atom stereocenters. The van der Waals surface area contributed by atoms with Gasteiger partial charge in [0.25, 0.3) is 0 Å². The summed E-state index contributed by atoms with van der Waals surface area (Å²) in [7, 11) is 0. The van der Waals surface area contributed by atoms with Crippen molar-refractivity contribution in [2.24, 2.45) is 0 Å². The number of carbonyl (C=O) groups excluding carboxylic acids is 2. The normalized spacial score (nSPS) is 11.0. The number of carbonyl (C=O) groups is 2. The van der Waals surface area contributed by atoms with Gasteiger partial charge in [0.15, 0.2) is 0 Å². The summed E-state index contributed by atoms with van der Waals surface area (Å²) >= 11 is 0. The molecule has 1 aromatic carbocycles. The van der Waals surface area contributed by atoms with E-state index in [-0.39, 0.29) is 11.9 Å². The minimum Gasteiger partial charge on any atom is -0.426 e. The predicted octanol–water partition coefficient (Wildman–Crippen LogP) is 10.9. The van der Waals surface area contributed by atoms with Gasteiger partial charge >= 0.3 is 11.9 Å². The maximum atomic E-state index is 12.2. The fraction of sp³-hybridized carbons (Fsp3) is 0.765. The molecule has 4 nitrogen and oxygen atoms in total. The van der Waals surface area contributed by atoms with Gasteiger partial charge in [-0.25, -0.2) is 0 Å². The SMILES string of the molecule is CCCCCCCCCCCCCC(=O)Oc1cccc(OC(=O)CCCCCCCCCCCCC)c1. The third-order valence-corrected chi connectivity index (χ3v) is 7.24.